The third-order valence-corrected chi connectivity index (χ3v) is 5.11. The molecule has 2 heterocycles. The van der Waals surface area contributed by atoms with Gasteiger partial charge in [-0.25, -0.2) is 13.4 Å². The lowest BCUT2D eigenvalue weighted by Crippen LogP contribution is -2.48. The molecule has 26 heavy (non-hydrogen) atoms. The Morgan fingerprint density at radius 3 is 2.77 bits per heavy atom. The largest absolute Gasteiger partial charge is 0.458 e. The minimum absolute atomic E-state index is 0.121. The first-order valence-corrected chi connectivity index (χ1v) is 9.57. The van der Waals surface area contributed by atoms with Crippen molar-refractivity contribution in [3.8, 4) is 6.01 Å². The number of amides is 1. The van der Waals surface area contributed by atoms with Crippen molar-refractivity contribution < 1.29 is 31.1 Å². The molecule has 0 spiro atoms. The molecule has 1 aromatic rings. The smallest absolute Gasteiger partial charge is 0.433 e. The molecular formula is C14H19F3N4O4S. The molecule has 1 aliphatic heterocycles. The van der Waals surface area contributed by atoms with Crippen LogP contribution in [0, 0.1) is 0 Å². The van der Waals surface area contributed by atoms with Gasteiger partial charge in [-0.3, -0.25) is 4.79 Å². The number of piperidine rings is 1. The van der Waals surface area contributed by atoms with Crippen LogP contribution in [0.1, 0.15) is 18.5 Å². The maximum atomic E-state index is 12.7. The summed E-state index contributed by atoms with van der Waals surface area (Å²) in [7, 11) is -2.20. The van der Waals surface area contributed by atoms with Gasteiger partial charge in [0.25, 0.3) is 0 Å². The van der Waals surface area contributed by atoms with Crippen LogP contribution in [0.2, 0.25) is 0 Å². The van der Waals surface area contributed by atoms with E-state index in [4.69, 9.17) is 4.74 Å². The van der Waals surface area contributed by atoms with E-state index in [9.17, 15) is 26.4 Å². The Hall–Kier alpha value is -1.95. The predicted molar refractivity (Wildman–Crippen MR) is 84.7 cm³/mol. The van der Waals surface area contributed by atoms with Crippen molar-refractivity contribution in [3.63, 3.8) is 0 Å². The molecule has 2 rings (SSSR count). The van der Waals surface area contributed by atoms with E-state index < -0.39 is 39.9 Å². The number of hydrogen-bond acceptors (Lipinski definition) is 6. The van der Waals surface area contributed by atoms with E-state index in [2.05, 4.69) is 9.97 Å². The van der Waals surface area contributed by atoms with Gasteiger partial charge in [0, 0.05) is 19.8 Å². The minimum atomic E-state index is -4.61. The topological polar surface area (TPSA) is 92.7 Å². The summed E-state index contributed by atoms with van der Waals surface area (Å²) in [4.78, 5) is 20.7. The molecule has 1 atom stereocenters. The van der Waals surface area contributed by atoms with Gasteiger partial charge in [0.2, 0.25) is 15.9 Å². The van der Waals surface area contributed by atoms with E-state index in [1.807, 2.05) is 0 Å². The number of halogens is 3. The summed E-state index contributed by atoms with van der Waals surface area (Å²) >= 11 is 0. The molecule has 0 aromatic carbocycles. The van der Waals surface area contributed by atoms with Crippen LogP contribution in [-0.2, 0) is 21.0 Å². The first kappa shape index (κ1) is 20.4. The van der Waals surface area contributed by atoms with E-state index >= 15 is 0 Å². The standard InChI is InChI=1S/C14H19F3N4O4S/c1-20(26(2,23)24)9-12(22)21-7-3-4-10(8-21)25-13-18-6-5-11(19-13)14(15,16)17/h5-6,10H,3-4,7-9H2,1-2H3. The fourth-order valence-corrected chi connectivity index (χ4v) is 2.72. The second-order valence-electron chi connectivity index (χ2n) is 5.96. The second kappa shape index (κ2) is 7.74. The minimum Gasteiger partial charge on any atom is -0.458 e. The fourth-order valence-electron chi connectivity index (χ4n) is 2.37. The third kappa shape index (κ3) is 5.53. The second-order valence-corrected chi connectivity index (χ2v) is 8.05. The first-order valence-electron chi connectivity index (χ1n) is 7.73. The molecule has 146 valence electrons. The highest BCUT2D eigenvalue weighted by Gasteiger charge is 2.33. The van der Waals surface area contributed by atoms with Gasteiger partial charge in [-0.2, -0.15) is 22.5 Å². The van der Waals surface area contributed by atoms with Crippen LogP contribution >= 0.6 is 0 Å². The molecule has 12 heteroatoms. The molecule has 1 aliphatic rings. The lowest BCUT2D eigenvalue weighted by molar-refractivity contribution is -0.141. The molecule has 1 aromatic heterocycles. The van der Waals surface area contributed by atoms with E-state index in [1.165, 1.54) is 11.9 Å². The molecular weight excluding hydrogens is 377 g/mol. The normalized spacial score (nSPS) is 18.8. The zero-order chi connectivity index (χ0) is 19.5. The number of hydrogen-bond donors (Lipinski definition) is 0. The summed E-state index contributed by atoms with van der Waals surface area (Å²) in [6.45, 7) is 0.224. The quantitative estimate of drug-likeness (QED) is 0.730. The van der Waals surface area contributed by atoms with Gasteiger partial charge in [0.1, 0.15) is 6.10 Å². The third-order valence-electron chi connectivity index (χ3n) is 3.85. The Morgan fingerprint density at radius 2 is 2.15 bits per heavy atom. The van der Waals surface area contributed by atoms with Gasteiger partial charge in [-0.1, -0.05) is 0 Å². The number of likely N-dealkylation sites (tertiary alicyclic amines) is 1. The Bertz CT molecular complexity index is 757. The highest BCUT2D eigenvalue weighted by atomic mass is 32.2. The van der Waals surface area contributed by atoms with Crippen molar-refractivity contribution in [1.29, 1.82) is 0 Å². The van der Waals surface area contributed by atoms with Crippen LogP contribution in [0.15, 0.2) is 12.3 Å². The van der Waals surface area contributed by atoms with Crippen molar-refractivity contribution in [2.45, 2.75) is 25.1 Å². The van der Waals surface area contributed by atoms with E-state index in [1.54, 1.807) is 0 Å². The molecule has 0 aliphatic carbocycles. The Kier molecular flexibility index (Phi) is 6.06. The zero-order valence-electron chi connectivity index (χ0n) is 14.2. The molecule has 0 bridgehead atoms. The maximum Gasteiger partial charge on any atom is 0.433 e. The lowest BCUT2D eigenvalue weighted by Gasteiger charge is -2.33. The summed E-state index contributed by atoms with van der Waals surface area (Å²) in [6, 6.07) is 0.331. The van der Waals surface area contributed by atoms with Gasteiger partial charge in [-0.05, 0) is 18.9 Å². The van der Waals surface area contributed by atoms with Gasteiger partial charge >= 0.3 is 12.2 Å². The van der Waals surface area contributed by atoms with Crippen LogP contribution in [0.4, 0.5) is 13.2 Å². The van der Waals surface area contributed by atoms with Crippen molar-refractivity contribution in [2.24, 2.45) is 0 Å². The average Bonchev–Trinajstić information content (AvgIpc) is 2.53. The molecule has 1 fully saturated rings. The average molecular weight is 396 g/mol. The van der Waals surface area contributed by atoms with E-state index in [-0.39, 0.29) is 13.1 Å². The molecule has 8 nitrogen and oxygen atoms in total. The van der Waals surface area contributed by atoms with Crippen molar-refractivity contribution in [3.05, 3.63) is 18.0 Å². The van der Waals surface area contributed by atoms with Crippen molar-refractivity contribution in [1.82, 2.24) is 19.2 Å². The van der Waals surface area contributed by atoms with Gasteiger partial charge < -0.3 is 9.64 Å². The maximum absolute atomic E-state index is 12.7. The fraction of sp³-hybridized carbons (Fsp3) is 0.643. The van der Waals surface area contributed by atoms with Crippen LogP contribution in [0.25, 0.3) is 0 Å². The first-order chi connectivity index (χ1) is 12.0. The number of likely N-dealkylation sites (N-methyl/N-ethyl adjacent to an activating group) is 1. The highest BCUT2D eigenvalue weighted by Crippen LogP contribution is 2.28. The summed E-state index contributed by atoms with van der Waals surface area (Å²) < 4.78 is 67.1. The van der Waals surface area contributed by atoms with Crippen LogP contribution in [-0.4, -0.2) is 72.5 Å². The summed E-state index contributed by atoms with van der Waals surface area (Å²) in [5.41, 5.74) is -1.11. The van der Waals surface area contributed by atoms with Crippen LogP contribution in [0.3, 0.4) is 0 Å². The number of aromatic nitrogens is 2. The van der Waals surface area contributed by atoms with E-state index in [0.717, 1.165) is 22.8 Å². The number of rotatable bonds is 5. The monoisotopic (exact) mass is 396 g/mol. The predicted octanol–water partition coefficient (Wildman–Crippen LogP) is 0.757. The number of sulfonamides is 1. The summed E-state index contributed by atoms with van der Waals surface area (Å²) in [6.07, 6.45) is -2.14. The number of alkyl halides is 3. The SMILES string of the molecule is CN(CC(=O)N1CCCC(Oc2nccc(C(F)(F)F)n2)C1)S(C)(=O)=O. The Morgan fingerprint density at radius 1 is 1.46 bits per heavy atom. The van der Waals surface area contributed by atoms with Crippen molar-refractivity contribution >= 4 is 15.9 Å². The number of carbonyl (C=O) groups excluding carboxylic acids is 1. The van der Waals surface area contributed by atoms with Crippen LogP contribution in [0.5, 0.6) is 6.01 Å². The molecule has 0 saturated carbocycles. The van der Waals surface area contributed by atoms with Gasteiger partial charge in [-0.15, -0.1) is 0 Å². The number of ether oxygens (including phenoxy) is 1. The molecule has 1 amide bonds. The molecule has 1 saturated heterocycles. The Labute approximate surface area is 149 Å². The van der Waals surface area contributed by atoms with Crippen LogP contribution < -0.4 is 4.74 Å². The molecule has 0 N–H and O–H groups in total. The molecule has 1 unspecified atom stereocenters. The Balaban J connectivity index is 1.99. The summed E-state index contributed by atoms with van der Waals surface area (Å²) in [5.74, 6) is -0.406. The van der Waals surface area contributed by atoms with Gasteiger partial charge in [0.05, 0.1) is 19.3 Å². The van der Waals surface area contributed by atoms with E-state index in [0.29, 0.717) is 19.4 Å². The summed E-state index contributed by atoms with van der Waals surface area (Å²) in [5, 5.41) is 0. The van der Waals surface area contributed by atoms with Gasteiger partial charge in [0.15, 0.2) is 5.69 Å². The van der Waals surface area contributed by atoms with Crippen molar-refractivity contribution in [2.75, 3.05) is 32.9 Å². The number of nitrogens with zero attached hydrogens (tertiary/aromatic N) is 4. The lowest BCUT2D eigenvalue weighted by atomic mass is 10.1. The highest BCUT2D eigenvalue weighted by molar-refractivity contribution is 7.88. The number of carbonyl (C=O) groups is 1. The molecule has 0 radical (unpaired) electrons. The zero-order valence-corrected chi connectivity index (χ0v) is 15.0.